The number of aryl methyl sites for hydroxylation is 1. The zero-order valence-corrected chi connectivity index (χ0v) is 10.1. The van der Waals surface area contributed by atoms with Crippen molar-refractivity contribution in [1.82, 2.24) is 15.1 Å². The Kier molecular flexibility index (Phi) is 2.72. The number of hydrogen-bond donors (Lipinski definition) is 1. The van der Waals surface area contributed by atoms with E-state index in [0.717, 1.165) is 5.92 Å². The minimum Gasteiger partial charge on any atom is -0.302 e. The lowest BCUT2D eigenvalue weighted by Gasteiger charge is -2.30. The Balaban J connectivity index is 1.58. The van der Waals surface area contributed by atoms with Crippen molar-refractivity contribution in [3.05, 3.63) is 17.5 Å². The average molecular weight is 219 g/mol. The second kappa shape index (κ2) is 4.21. The number of nitrogens with one attached hydrogen (secondary N) is 1. The monoisotopic (exact) mass is 219 g/mol. The first-order chi connectivity index (χ1) is 7.83. The van der Waals surface area contributed by atoms with Crippen LogP contribution in [0.25, 0.3) is 0 Å². The van der Waals surface area contributed by atoms with Gasteiger partial charge in [0.2, 0.25) is 0 Å². The molecule has 0 spiro atoms. The lowest BCUT2D eigenvalue weighted by atomic mass is 9.85. The first-order valence-corrected chi connectivity index (χ1v) is 6.55. The molecule has 0 radical (unpaired) electrons. The van der Waals surface area contributed by atoms with Gasteiger partial charge in [-0.15, -0.1) is 0 Å². The molecule has 0 aromatic carbocycles. The van der Waals surface area contributed by atoms with E-state index >= 15 is 0 Å². The van der Waals surface area contributed by atoms with E-state index in [1.54, 1.807) is 0 Å². The molecule has 2 heterocycles. The topological polar surface area (TPSA) is 31.9 Å². The first kappa shape index (κ1) is 10.3. The van der Waals surface area contributed by atoms with Crippen LogP contribution < -0.4 is 0 Å². The normalized spacial score (nSPS) is 27.2. The Labute approximate surface area is 97.2 Å². The summed E-state index contributed by atoms with van der Waals surface area (Å²) >= 11 is 0. The molecule has 16 heavy (non-hydrogen) atoms. The van der Waals surface area contributed by atoms with E-state index in [9.17, 15) is 0 Å². The maximum absolute atomic E-state index is 4.14. The highest BCUT2D eigenvalue weighted by Gasteiger charge is 2.29. The maximum Gasteiger partial charge on any atom is 0.0519 e. The molecule has 2 fully saturated rings. The fourth-order valence-electron chi connectivity index (χ4n) is 3.04. The standard InChI is InChI=1S/C13H21N3/c1-10-7-14-15-13(10)12-5-6-16(9-12)8-11-3-2-4-11/h7,11-12H,2-6,8-9H2,1H3,(H,14,15)/t12-/m1/s1. The molecule has 88 valence electrons. The van der Waals surface area contributed by atoms with Crippen LogP contribution in [0.5, 0.6) is 0 Å². The van der Waals surface area contributed by atoms with Crippen LogP contribution in [0.1, 0.15) is 42.9 Å². The first-order valence-electron chi connectivity index (χ1n) is 6.55. The second-order valence-corrected chi connectivity index (χ2v) is 5.51. The molecule has 1 aliphatic heterocycles. The summed E-state index contributed by atoms with van der Waals surface area (Å²) in [6, 6.07) is 0. The van der Waals surface area contributed by atoms with Crippen molar-refractivity contribution in [2.24, 2.45) is 5.92 Å². The van der Waals surface area contributed by atoms with Gasteiger partial charge in [-0.1, -0.05) is 6.42 Å². The molecule has 1 saturated heterocycles. The van der Waals surface area contributed by atoms with Crippen molar-refractivity contribution in [1.29, 1.82) is 0 Å². The molecule has 3 nitrogen and oxygen atoms in total. The highest BCUT2D eigenvalue weighted by atomic mass is 15.2. The van der Waals surface area contributed by atoms with E-state index in [1.165, 1.54) is 56.6 Å². The molecule has 1 aromatic heterocycles. The Hall–Kier alpha value is -0.830. The molecule has 3 rings (SSSR count). The number of aromatic nitrogens is 2. The van der Waals surface area contributed by atoms with Crippen LogP contribution in [0.3, 0.4) is 0 Å². The van der Waals surface area contributed by atoms with Crippen LogP contribution in [-0.2, 0) is 0 Å². The van der Waals surface area contributed by atoms with Gasteiger partial charge in [0.25, 0.3) is 0 Å². The summed E-state index contributed by atoms with van der Waals surface area (Å²) in [6.07, 6.45) is 7.63. The van der Waals surface area contributed by atoms with Gasteiger partial charge in [-0.05, 0) is 44.2 Å². The average Bonchev–Trinajstić information content (AvgIpc) is 2.80. The van der Waals surface area contributed by atoms with Crippen molar-refractivity contribution in [3.8, 4) is 0 Å². The smallest absolute Gasteiger partial charge is 0.0519 e. The lowest BCUT2D eigenvalue weighted by Crippen LogP contribution is -2.30. The molecular formula is C13H21N3. The Morgan fingerprint density at radius 1 is 1.44 bits per heavy atom. The third kappa shape index (κ3) is 1.88. The maximum atomic E-state index is 4.14. The number of aromatic amines is 1. The van der Waals surface area contributed by atoms with Gasteiger partial charge in [0.05, 0.1) is 6.20 Å². The van der Waals surface area contributed by atoms with E-state index in [-0.39, 0.29) is 0 Å². The highest BCUT2D eigenvalue weighted by Crippen LogP contribution is 2.32. The zero-order valence-electron chi connectivity index (χ0n) is 10.1. The van der Waals surface area contributed by atoms with Crippen molar-refractivity contribution in [2.45, 2.75) is 38.5 Å². The van der Waals surface area contributed by atoms with Gasteiger partial charge in [-0.3, -0.25) is 5.10 Å². The number of rotatable bonds is 3. The van der Waals surface area contributed by atoms with Gasteiger partial charge in [0, 0.05) is 24.7 Å². The van der Waals surface area contributed by atoms with Crippen molar-refractivity contribution >= 4 is 0 Å². The highest BCUT2D eigenvalue weighted by molar-refractivity contribution is 5.20. The third-order valence-electron chi connectivity index (χ3n) is 4.29. The van der Waals surface area contributed by atoms with Gasteiger partial charge in [0.1, 0.15) is 0 Å². The van der Waals surface area contributed by atoms with Gasteiger partial charge in [-0.25, -0.2) is 0 Å². The van der Waals surface area contributed by atoms with Crippen molar-refractivity contribution in [2.75, 3.05) is 19.6 Å². The predicted octanol–water partition coefficient (Wildman–Crippen LogP) is 2.31. The van der Waals surface area contributed by atoms with Gasteiger partial charge < -0.3 is 4.90 Å². The molecule has 0 unspecified atom stereocenters. The Morgan fingerprint density at radius 2 is 2.31 bits per heavy atom. The fourth-order valence-corrected chi connectivity index (χ4v) is 3.04. The second-order valence-electron chi connectivity index (χ2n) is 5.51. The molecule has 1 aliphatic carbocycles. The molecule has 1 saturated carbocycles. The zero-order chi connectivity index (χ0) is 11.0. The summed E-state index contributed by atoms with van der Waals surface area (Å²) in [4.78, 5) is 2.65. The van der Waals surface area contributed by atoms with Crippen LogP contribution in [0.4, 0.5) is 0 Å². The van der Waals surface area contributed by atoms with Crippen LogP contribution in [0, 0.1) is 12.8 Å². The van der Waals surface area contributed by atoms with Crippen molar-refractivity contribution < 1.29 is 0 Å². The number of hydrogen-bond acceptors (Lipinski definition) is 2. The summed E-state index contributed by atoms with van der Waals surface area (Å²) in [7, 11) is 0. The molecular weight excluding hydrogens is 198 g/mol. The molecule has 0 amide bonds. The van der Waals surface area contributed by atoms with E-state index < -0.39 is 0 Å². The van der Waals surface area contributed by atoms with E-state index in [1.807, 2.05) is 6.20 Å². The summed E-state index contributed by atoms with van der Waals surface area (Å²) in [5, 5.41) is 7.31. The van der Waals surface area contributed by atoms with E-state index in [2.05, 4.69) is 22.0 Å². The number of H-pyrrole nitrogens is 1. The molecule has 1 N–H and O–H groups in total. The molecule has 3 heteroatoms. The number of nitrogens with zero attached hydrogens (tertiary/aromatic N) is 2. The molecule has 1 atom stereocenters. The van der Waals surface area contributed by atoms with Gasteiger partial charge in [-0.2, -0.15) is 5.10 Å². The quantitative estimate of drug-likeness (QED) is 0.846. The minimum absolute atomic E-state index is 0.697. The van der Waals surface area contributed by atoms with Gasteiger partial charge >= 0.3 is 0 Å². The van der Waals surface area contributed by atoms with Crippen LogP contribution in [0.2, 0.25) is 0 Å². The van der Waals surface area contributed by atoms with Gasteiger partial charge in [0.15, 0.2) is 0 Å². The predicted molar refractivity (Wildman–Crippen MR) is 64.5 cm³/mol. The van der Waals surface area contributed by atoms with E-state index in [0.29, 0.717) is 5.92 Å². The lowest BCUT2D eigenvalue weighted by molar-refractivity contribution is 0.203. The van der Waals surface area contributed by atoms with Crippen LogP contribution >= 0.6 is 0 Å². The summed E-state index contributed by atoms with van der Waals surface area (Å²) < 4.78 is 0. The van der Waals surface area contributed by atoms with Crippen molar-refractivity contribution in [3.63, 3.8) is 0 Å². The fraction of sp³-hybridized carbons (Fsp3) is 0.769. The third-order valence-corrected chi connectivity index (χ3v) is 4.29. The number of likely N-dealkylation sites (tertiary alicyclic amines) is 1. The Morgan fingerprint density at radius 3 is 2.94 bits per heavy atom. The van der Waals surface area contributed by atoms with Crippen LogP contribution in [0.15, 0.2) is 6.20 Å². The summed E-state index contributed by atoms with van der Waals surface area (Å²) in [5.41, 5.74) is 2.70. The molecule has 2 aliphatic rings. The SMILES string of the molecule is Cc1cn[nH]c1[C@@H]1CCN(CC2CCC2)C1. The molecule has 0 bridgehead atoms. The summed E-state index contributed by atoms with van der Waals surface area (Å²) in [6.45, 7) is 6.01. The molecule has 1 aromatic rings. The van der Waals surface area contributed by atoms with Crippen LogP contribution in [-0.4, -0.2) is 34.7 Å². The largest absolute Gasteiger partial charge is 0.302 e. The van der Waals surface area contributed by atoms with E-state index in [4.69, 9.17) is 0 Å². The minimum atomic E-state index is 0.697. The summed E-state index contributed by atoms with van der Waals surface area (Å²) in [5.74, 6) is 1.70. The Bertz CT molecular complexity index is 354.